The Hall–Kier alpha value is -2.64. The highest BCUT2D eigenvalue weighted by Crippen LogP contribution is 2.21. The van der Waals surface area contributed by atoms with Gasteiger partial charge in [-0.3, -0.25) is 9.89 Å². The van der Waals surface area contributed by atoms with Crippen LogP contribution in [0.1, 0.15) is 55.6 Å². The SMILES string of the molecule is Cn1ccnc1C(=O)C1CCCN(C(=O)NCc2cc(C(C)(C)C)n[nH]2)C1. The molecule has 2 aromatic heterocycles. The number of urea groups is 1. The van der Waals surface area contributed by atoms with E-state index in [1.807, 2.05) is 13.1 Å². The molecule has 0 aromatic carbocycles. The number of nitrogens with one attached hydrogen (secondary N) is 2. The Morgan fingerprint density at radius 3 is 2.78 bits per heavy atom. The minimum atomic E-state index is -0.203. The number of likely N-dealkylation sites (tertiary alicyclic amines) is 1. The van der Waals surface area contributed by atoms with E-state index in [1.54, 1.807) is 21.9 Å². The summed E-state index contributed by atoms with van der Waals surface area (Å²) < 4.78 is 1.73. The molecule has 8 nitrogen and oxygen atoms in total. The summed E-state index contributed by atoms with van der Waals surface area (Å²) >= 11 is 0. The normalized spacial score (nSPS) is 17.8. The van der Waals surface area contributed by atoms with Crippen LogP contribution < -0.4 is 5.32 Å². The summed E-state index contributed by atoms with van der Waals surface area (Å²) in [5.74, 6) is 0.253. The Morgan fingerprint density at radius 2 is 2.15 bits per heavy atom. The Balaban J connectivity index is 1.56. The smallest absolute Gasteiger partial charge is 0.317 e. The number of Topliss-reactive ketones (excluding diaryl/α,β-unsaturated/α-hetero) is 1. The van der Waals surface area contributed by atoms with Crippen molar-refractivity contribution in [1.29, 1.82) is 0 Å². The number of nitrogens with zero attached hydrogens (tertiary/aromatic N) is 4. The highest BCUT2D eigenvalue weighted by atomic mass is 16.2. The third-order valence-electron chi connectivity index (χ3n) is 4.95. The number of imidazole rings is 1. The van der Waals surface area contributed by atoms with Crippen LogP contribution >= 0.6 is 0 Å². The van der Waals surface area contributed by atoms with Crippen LogP contribution in [0.5, 0.6) is 0 Å². The number of ketones is 1. The molecule has 0 radical (unpaired) electrons. The summed E-state index contributed by atoms with van der Waals surface area (Å²) in [6, 6.07) is 1.82. The van der Waals surface area contributed by atoms with Crippen molar-refractivity contribution in [2.24, 2.45) is 13.0 Å². The fraction of sp³-hybridized carbons (Fsp3) is 0.579. The molecule has 1 saturated heterocycles. The first-order valence-corrected chi connectivity index (χ1v) is 9.35. The number of rotatable bonds is 4. The predicted octanol–water partition coefficient (Wildman–Crippen LogP) is 2.25. The number of hydrogen-bond acceptors (Lipinski definition) is 4. The van der Waals surface area contributed by atoms with E-state index in [0.717, 1.165) is 24.2 Å². The lowest BCUT2D eigenvalue weighted by Crippen LogP contribution is -2.47. The highest BCUT2D eigenvalue weighted by molar-refractivity contribution is 5.95. The van der Waals surface area contributed by atoms with Gasteiger partial charge in [-0.05, 0) is 18.9 Å². The monoisotopic (exact) mass is 372 g/mol. The fourth-order valence-corrected chi connectivity index (χ4v) is 3.28. The summed E-state index contributed by atoms with van der Waals surface area (Å²) in [6.45, 7) is 7.75. The molecule has 0 bridgehead atoms. The summed E-state index contributed by atoms with van der Waals surface area (Å²) in [5, 5.41) is 10.2. The van der Waals surface area contributed by atoms with Crippen LogP contribution in [0.15, 0.2) is 18.5 Å². The maximum atomic E-state index is 12.7. The first-order valence-electron chi connectivity index (χ1n) is 9.35. The van der Waals surface area contributed by atoms with E-state index in [4.69, 9.17) is 0 Å². The van der Waals surface area contributed by atoms with Crippen LogP contribution in [0, 0.1) is 5.92 Å². The van der Waals surface area contributed by atoms with E-state index in [-0.39, 0.29) is 23.1 Å². The third kappa shape index (κ3) is 4.37. The quantitative estimate of drug-likeness (QED) is 0.805. The first-order chi connectivity index (χ1) is 12.8. The number of aromatic amines is 1. The van der Waals surface area contributed by atoms with E-state index in [9.17, 15) is 9.59 Å². The molecule has 1 aliphatic heterocycles. The molecule has 1 aliphatic rings. The van der Waals surface area contributed by atoms with E-state index >= 15 is 0 Å². The van der Waals surface area contributed by atoms with Gasteiger partial charge in [0.05, 0.1) is 17.9 Å². The number of H-pyrrole nitrogens is 1. The van der Waals surface area contributed by atoms with Gasteiger partial charge in [0.2, 0.25) is 5.78 Å². The van der Waals surface area contributed by atoms with Gasteiger partial charge in [-0.2, -0.15) is 5.10 Å². The first kappa shape index (κ1) is 19.1. The molecule has 0 spiro atoms. The molecule has 2 aromatic rings. The van der Waals surface area contributed by atoms with Crippen LogP contribution in [0.2, 0.25) is 0 Å². The van der Waals surface area contributed by atoms with E-state index < -0.39 is 0 Å². The molecule has 1 unspecified atom stereocenters. The number of piperidine rings is 1. The lowest BCUT2D eigenvalue weighted by molar-refractivity contribution is 0.0831. The van der Waals surface area contributed by atoms with Gasteiger partial charge in [0, 0.05) is 43.9 Å². The largest absolute Gasteiger partial charge is 0.332 e. The van der Waals surface area contributed by atoms with Gasteiger partial charge in [-0.25, -0.2) is 9.78 Å². The topological polar surface area (TPSA) is 95.9 Å². The van der Waals surface area contributed by atoms with Gasteiger partial charge in [0.15, 0.2) is 5.82 Å². The van der Waals surface area contributed by atoms with Crippen molar-refractivity contribution in [2.75, 3.05) is 13.1 Å². The molecule has 3 rings (SSSR count). The minimum Gasteiger partial charge on any atom is -0.332 e. The Kier molecular flexibility index (Phi) is 5.34. The van der Waals surface area contributed by atoms with E-state index in [2.05, 4.69) is 41.3 Å². The molecule has 8 heteroatoms. The van der Waals surface area contributed by atoms with Crippen molar-refractivity contribution in [3.8, 4) is 0 Å². The number of carbonyl (C=O) groups excluding carboxylic acids is 2. The number of amides is 2. The second-order valence-electron chi connectivity index (χ2n) is 8.20. The Labute approximate surface area is 159 Å². The predicted molar refractivity (Wildman–Crippen MR) is 101 cm³/mol. The third-order valence-corrected chi connectivity index (χ3v) is 4.95. The van der Waals surface area contributed by atoms with E-state index in [1.165, 1.54) is 0 Å². The Bertz CT molecular complexity index is 816. The second kappa shape index (κ2) is 7.54. The van der Waals surface area contributed by atoms with Crippen molar-refractivity contribution in [1.82, 2.24) is 30.0 Å². The molecule has 0 saturated carbocycles. The molecular weight excluding hydrogens is 344 g/mol. The molecule has 27 heavy (non-hydrogen) atoms. The van der Waals surface area contributed by atoms with Crippen LogP contribution in [0.25, 0.3) is 0 Å². The summed E-state index contributed by atoms with van der Waals surface area (Å²) in [5.41, 5.74) is 1.79. The zero-order valence-corrected chi connectivity index (χ0v) is 16.5. The van der Waals surface area contributed by atoms with Crippen LogP contribution in [-0.4, -0.2) is 49.6 Å². The zero-order chi connectivity index (χ0) is 19.6. The van der Waals surface area contributed by atoms with E-state index in [0.29, 0.717) is 25.5 Å². The van der Waals surface area contributed by atoms with Crippen molar-refractivity contribution in [2.45, 2.75) is 45.6 Å². The highest BCUT2D eigenvalue weighted by Gasteiger charge is 2.30. The average Bonchev–Trinajstić information content (AvgIpc) is 3.28. The minimum absolute atomic E-state index is 0.00314. The summed E-state index contributed by atoms with van der Waals surface area (Å²) in [7, 11) is 1.81. The second-order valence-corrected chi connectivity index (χ2v) is 8.20. The maximum Gasteiger partial charge on any atom is 0.317 e. The van der Waals surface area contributed by atoms with Gasteiger partial charge < -0.3 is 14.8 Å². The van der Waals surface area contributed by atoms with Gasteiger partial charge >= 0.3 is 6.03 Å². The lowest BCUT2D eigenvalue weighted by Gasteiger charge is -2.31. The standard InChI is InChI=1S/C19H28N6O2/c1-19(2,3)15-10-14(22-23-15)11-21-18(27)25-8-5-6-13(12-25)16(26)17-20-7-9-24(17)4/h7,9-10,13H,5-6,8,11-12H2,1-4H3,(H,21,27)(H,22,23). The molecule has 1 atom stereocenters. The van der Waals surface area contributed by atoms with Gasteiger partial charge in [0.1, 0.15) is 0 Å². The summed E-state index contributed by atoms with van der Waals surface area (Å²) in [6.07, 6.45) is 4.98. The number of carbonyl (C=O) groups is 2. The van der Waals surface area contributed by atoms with Crippen LogP contribution in [-0.2, 0) is 19.0 Å². The zero-order valence-electron chi connectivity index (χ0n) is 16.5. The fourth-order valence-electron chi connectivity index (χ4n) is 3.28. The van der Waals surface area contributed by atoms with Crippen molar-refractivity contribution < 1.29 is 9.59 Å². The number of hydrogen-bond donors (Lipinski definition) is 2. The molecular formula is C19H28N6O2. The molecule has 2 N–H and O–H groups in total. The molecule has 1 fully saturated rings. The molecule has 3 heterocycles. The van der Waals surface area contributed by atoms with Gasteiger partial charge in [-0.1, -0.05) is 20.8 Å². The van der Waals surface area contributed by atoms with Crippen molar-refractivity contribution in [3.05, 3.63) is 35.7 Å². The van der Waals surface area contributed by atoms with Gasteiger partial charge in [0.25, 0.3) is 0 Å². The molecule has 2 amide bonds. The summed E-state index contributed by atoms with van der Waals surface area (Å²) in [4.78, 5) is 31.1. The molecule has 146 valence electrons. The number of aryl methyl sites for hydroxylation is 1. The van der Waals surface area contributed by atoms with Crippen molar-refractivity contribution in [3.63, 3.8) is 0 Å². The average molecular weight is 372 g/mol. The lowest BCUT2D eigenvalue weighted by atomic mass is 9.92. The van der Waals surface area contributed by atoms with Gasteiger partial charge in [-0.15, -0.1) is 0 Å². The molecule has 0 aliphatic carbocycles. The maximum absolute atomic E-state index is 12.7. The Morgan fingerprint density at radius 1 is 1.37 bits per heavy atom. The van der Waals surface area contributed by atoms with Crippen LogP contribution in [0.4, 0.5) is 4.79 Å². The van der Waals surface area contributed by atoms with Crippen LogP contribution in [0.3, 0.4) is 0 Å². The van der Waals surface area contributed by atoms with Crippen molar-refractivity contribution >= 4 is 11.8 Å². The number of aromatic nitrogens is 4.